The maximum atomic E-state index is 9.63. The summed E-state index contributed by atoms with van der Waals surface area (Å²) in [5.74, 6) is 1.10. The summed E-state index contributed by atoms with van der Waals surface area (Å²) in [7, 11) is 0. The fourth-order valence-electron chi connectivity index (χ4n) is 2.78. The molecule has 1 heterocycles. The molecule has 3 nitrogen and oxygen atoms in total. The van der Waals surface area contributed by atoms with E-state index in [0.717, 1.165) is 25.3 Å². The highest BCUT2D eigenvalue weighted by Gasteiger charge is 2.19. The summed E-state index contributed by atoms with van der Waals surface area (Å²) in [5.41, 5.74) is 0. The van der Waals surface area contributed by atoms with Gasteiger partial charge >= 0.3 is 0 Å². The third-order valence-electron chi connectivity index (χ3n) is 4.08. The van der Waals surface area contributed by atoms with Crippen molar-refractivity contribution in [3.05, 3.63) is 12.2 Å². The van der Waals surface area contributed by atoms with Gasteiger partial charge in [0.05, 0.1) is 6.54 Å². The van der Waals surface area contributed by atoms with Crippen LogP contribution in [0.5, 0.6) is 0 Å². The van der Waals surface area contributed by atoms with E-state index in [4.69, 9.17) is 0 Å². The molecule has 1 unspecified atom stereocenters. The monoisotopic (exact) mass is 294 g/mol. The molecular weight excluding hydrogens is 260 g/mol. The molecule has 0 amide bonds. The highest BCUT2D eigenvalue weighted by Crippen LogP contribution is 2.12. The van der Waals surface area contributed by atoms with Crippen LogP contribution in [0.3, 0.4) is 0 Å². The van der Waals surface area contributed by atoms with E-state index in [9.17, 15) is 5.11 Å². The van der Waals surface area contributed by atoms with Gasteiger partial charge in [0.2, 0.25) is 0 Å². The van der Waals surface area contributed by atoms with E-state index in [1.807, 2.05) is 11.8 Å². The molecule has 3 heteroatoms. The summed E-state index contributed by atoms with van der Waals surface area (Å²) in [6, 6.07) is 0. The summed E-state index contributed by atoms with van der Waals surface area (Å²) in [5, 5.41) is 9.63. The second-order valence-corrected chi connectivity index (χ2v) is 6.04. The molecule has 0 aromatic rings. The Morgan fingerprint density at radius 1 is 1.10 bits per heavy atom. The molecule has 1 N–H and O–H groups in total. The summed E-state index contributed by atoms with van der Waals surface area (Å²) in [4.78, 5) is 6.51. The highest BCUT2D eigenvalue weighted by molar-refractivity contribution is 5.83. The number of aliphatic hydroxyl groups excluding tert-OH is 1. The fraction of sp³-hybridized carbons (Fsp3) is 0.833. The Hall–Kier alpha value is -0.830. The van der Waals surface area contributed by atoms with E-state index in [0.29, 0.717) is 0 Å². The maximum Gasteiger partial charge on any atom is 0.125 e. The van der Waals surface area contributed by atoms with Gasteiger partial charge in [-0.1, -0.05) is 44.8 Å². The minimum Gasteiger partial charge on any atom is -0.374 e. The molecule has 0 aromatic heterocycles. The average molecular weight is 294 g/mol. The minimum absolute atomic E-state index is 0.390. The smallest absolute Gasteiger partial charge is 0.125 e. The van der Waals surface area contributed by atoms with E-state index in [2.05, 4.69) is 24.1 Å². The number of unbranched alkanes of at least 4 members (excludes halogenated alkanes) is 7. The Kier molecular flexibility index (Phi) is 10.2. The SMILES string of the molecule is CCCCCCC/C=C/CCCCC1=NCCN1C(C)O. The van der Waals surface area contributed by atoms with E-state index in [-0.39, 0.29) is 6.23 Å². The van der Waals surface area contributed by atoms with Crippen LogP contribution in [0.15, 0.2) is 17.1 Å². The van der Waals surface area contributed by atoms with Gasteiger partial charge in [-0.05, 0) is 39.0 Å². The lowest BCUT2D eigenvalue weighted by Gasteiger charge is -2.23. The Morgan fingerprint density at radius 2 is 1.76 bits per heavy atom. The normalized spacial score (nSPS) is 16.7. The van der Waals surface area contributed by atoms with Crippen LogP contribution in [0.4, 0.5) is 0 Å². The molecule has 0 saturated carbocycles. The quantitative estimate of drug-likeness (QED) is 0.424. The van der Waals surface area contributed by atoms with Crippen molar-refractivity contribution in [2.24, 2.45) is 4.99 Å². The first kappa shape index (κ1) is 18.2. The van der Waals surface area contributed by atoms with Crippen LogP contribution in [-0.2, 0) is 0 Å². The van der Waals surface area contributed by atoms with Gasteiger partial charge in [0.15, 0.2) is 0 Å². The third kappa shape index (κ3) is 8.25. The summed E-state index contributed by atoms with van der Waals surface area (Å²) < 4.78 is 0. The van der Waals surface area contributed by atoms with Gasteiger partial charge in [-0.3, -0.25) is 4.99 Å². The number of rotatable bonds is 12. The Morgan fingerprint density at radius 3 is 2.43 bits per heavy atom. The van der Waals surface area contributed by atoms with Crippen LogP contribution in [0.2, 0.25) is 0 Å². The van der Waals surface area contributed by atoms with Gasteiger partial charge in [-0.2, -0.15) is 0 Å². The van der Waals surface area contributed by atoms with E-state index in [1.54, 1.807) is 0 Å². The number of hydrogen-bond acceptors (Lipinski definition) is 3. The molecule has 0 radical (unpaired) electrons. The van der Waals surface area contributed by atoms with Gasteiger partial charge < -0.3 is 10.0 Å². The molecule has 1 aliphatic heterocycles. The van der Waals surface area contributed by atoms with Crippen LogP contribution in [-0.4, -0.2) is 35.2 Å². The molecule has 0 aliphatic carbocycles. The van der Waals surface area contributed by atoms with Crippen molar-refractivity contribution >= 4 is 5.84 Å². The molecule has 0 spiro atoms. The molecular formula is C18H34N2O. The number of allylic oxidation sites excluding steroid dienone is 2. The van der Waals surface area contributed by atoms with Crippen molar-refractivity contribution in [2.75, 3.05) is 13.1 Å². The average Bonchev–Trinajstić information content (AvgIpc) is 2.93. The molecule has 0 fully saturated rings. The van der Waals surface area contributed by atoms with Crippen molar-refractivity contribution in [3.8, 4) is 0 Å². The maximum absolute atomic E-state index is 9.63. The standard InChI is InChI=1S/C18H34N2O/c1-3-4-5-6-7-8-9-10-11-12-13-14-18-19-15-16-20(18)17(2)21/h9-10,17,21H,3-8,11-16H2,1-2H3/b10-9+. The third-order valence-corrected chi connectivity index (χ3v) is 4.08. The highest BCUT2D eigenvalue weighted by atomic mass is 16.3. The molecule has 21 heavy (non-hydrogen) atoms. The lowest BCUT2D eigenvalue weighted by Crippen LogP contribution is -2.35. The predicted molar refractivity (Wildman–Crippen MR) is 91.7 cm³/mol. The first-order valence-electron chi connectivity index (χ1n) is 8.88. The Bertz CT molecular complexity index is 310. The predicted octanol–water partition coefficient (Wildman–Crippen LogP) is 4.52. The van der Waals surface area contributed by atoms with Crippen molar-refractivity contribution < 1.29 is 5.11 Å². The lowest BCUT2D eigenvalue weighted by molar-refractivity contribution is 0.0766. The second kappa shape index (κ2) is 11.8. The Labute approximate surface area is 131 Å². The zero-order chi connectivity index (χ0) is 15.3. The van der Waals surface area contributed by atoms with E-state index in [1.165, 1.54) is 57.8 Å². The van der Waals surface area contributed by atoms with Crippen LogP contribution < -0.4 is 0 Å². The van der Waals surface area contributed by atoms with Crippen LogP contribution in [0.25, 0.3) is 0 Å². The molecule has 0 saturated heterocycles. The number of hydrogen-bond donors (Lipinski definition) is 1. The summed E-state index contributed by atoms with van der Waals surface area (Å²) in [6.07, 6.45) is 16.9. The molecule has 1 atom stereocenters. The first-order valence-corrected chi connectivity index (χ1v) is 8.88. The van der Waals surface area contributed by atoms with Gasteiger partial charge in [0.25, 0.3) is 0 Å². The fourth-order valence-corrected chi connectivity index (χ4v) is 2.78. The summed E-state index contributed by atoms with van der Waals surface area (Å²) in [6.45, 7) is 5.81. The van der Waals surface area contributed by atoms with Gasteiger partial charge in [-0.25, -0.2) is 0 Å². The number of amidine groups is 1. The molecule has 122 valence electrons. The van der Waals surface area contributed by atoms with Crippen LogP contribution >= 0.6 is 0 Å². The largest absolute Gasteiger partial charge is 0.374 e. The van der Waals surface area contributed by atoms with Crippen molar-refractivity contribution in [1.29, 1.82) is 0 Å². The number of nitrogens with zero attached hydrogens (tertiary/aromatic N) is 2. The van der Waals surface area contributed by atoms with Gasteiger partial charge in [-0.15, -0.1) is 0 Å². The zero-order valence-corrected chi connectivity index (χ0v) is 14.1. The van der Waals surface area contributed by atoms with Crippen molar-refractivity contribution in [1.82, 2.24) is 4.90 Å². The number of aliphatic hydroxyl groups is 1. The molecule has 0 aromatic carbocycles. The van der Waals surface area contributed by atoms with E-state index >= 15 is 0 Å². The van der Waals surface area contributed by atoms with Crippen molar-refractivity contribution in [2.45, 2.75) is 84.3 Å². The molecule has 1 aliphatic rings. The molecule has 0 bridgehead atoms. The van der Waals surface area contributed by atoms with Crippen molar-refractivity contribution in [3.63, 3.8) is 0 Å². The zero-order valence-electron chi connectivity index (χ0n) is 14.1. The summed E-state index contributed by atoms with van der Waals surface area (Å²) >= 11 is 0. The topological polar surface area (TPSA) is 35.8 Å². The van der Waals surface area contributed by atoms with Gasteiger partial charge in [0.1, 0.15) is 12.1 Å². The van der Waals surface area contributed by atoms with Gasteiger partial charge in [0, 0.05) is 13.0 Å². The Balaban J connectivity index is 1.95. The first-order chi connectivity index (χ1) is 10.3. The van der Waals surface area contributed by atoms with Crippen LogP contribution in [0, 0.1) is 0 Å². The number of aliphatic imine (C=N–C) groups is 1. The lowest BCUT2D eigenvalue weighted by atomic mass is 10.1. The van der Waals surface area contributed by atoms with E-state index < -0.39 is 0 Å². The van der Waals surface area contributed by atoms with Crippen LogP contribution in [0.1, 0.15) is 78.1 Å². The minimum atomic E-state index is -0.390. The molecule has 1 rings (SSSR count). The second-order valence-electron chi connectivity index (χ2n) is 6.04.